The number of rotatable bonds is 2. The lowest BCUT2D eigenvalue weighted by Gasteiger charge is -1.98. The third-order valence-electron chi connectivity index (χ3n) is 2.40. The highest BCUT2D eigenvalue weighted by Crippen LogP contribution is 2.08. The summed E-state index contributed by atoms with van der Waals surface area (Å²) in [6, 6.07) is 7.15. The lowest BCUT2D eigenvalue weighted by molar-refractivity contribution is -0.114. The molecule has 0 aliphatic rings. The van der Waals surface area contributed by atoms with Crippen LogP contribution in [-0.4, -0.2) is 10.9 Å². The minimum Gasteiger partial charge on any atom is -0.508 e. The SMILES string of the molecule is CC.CC.CC(C)=O.CCC(C)CC.Cc1cccc(O)c1. The maximum absolute atomic E-state index is 9.44. The zero-order valence-corrected chi connectivity index (χ0v) is 16.7. The van der Waals surface area contributed by atoms with Gasteiger partial charge in [-0.2, -0.15) is 0 Å². The average Bonchev–Trinajstić information content (AvgIpc) is 2.50. The van der Waals surface area contributed by atoms with Crippen LogP contribution in [0.2, 0.25) is 0 Å². The molecule has 0 aromatic heterocycles. The Morgan fingerprint density at radius 3 is 1.55 bits per heavy atom. The van der Waals surface area contributed by atoms with E-state index in [9.17, 15) is 4.79 Å². The van der Waals surface area contributed by atoms with E-state index in [0.29, 0.717) is 5.75 Å². The largest absolute Gasteiger partial charge is 0.508 e. The molecule has 0 saturated heterocycles. The molecular weight excluding hydrogens is 272 g/mol. The number of benzene rings is 1. The highest BCUT2D eigenvalue weighted by atomic mass is 16.3. The first-order valence-corrected chi connectivity index (χ1v) is 8.56. The van der Waals surface area contributed by atoms with E-state index in [4.69, 9.17) is 5.11 Å². The Morgan fingerprint density at radius 2 is 1.41 bits per heavy atom. The van der Waals surface area contributed by atoms with Crippen LogP contribution in [0.3, 0.4) is 0 Å². The van der Waals surface area contributed by atoms with Gasteiger partial charge in [-0.3, -0.25) is 0 Å². The molecule has 0 atom stereocenters. The van der Waals surface area contributed by atoms with Crippen molar-refractivity contribution in [3.63, 3.8) is 0 Å². The molecule has 1 N–H and O–H groups in total. The standard InChI is InChI=1S/C7H8O.C6H14.C3H6O.2C2H6/c1-6-3-2-4-7(8)5-6;1-4-6(3)5-2;1-3(2)4;2*1-2/h2-5,8H,1H3;6H,4-5H2,1-3H3;1-2H3;2*1-2H3. The number of phenolic OH excluding ortho intramolecular Hbond substituents is 1. The van der Waals surface area contributed by atoms with Crippen LogP contribution in [0.1, 0.15) is 80.7 Å². The van der Waals surface area contributed by atoms with E-state index in [1.165, 1.54) is 26.7 Å². The summed E-state index contributed by atoms with van der Waals surface area (Å²) in [6.45, 7) is 19.7. The Kier molecular flexibility index (Phi) is 32.3. The summed E-state index contributed by atoms with van der Waals surface area (Å²) >= 11 is 0. The van der Waals surface area contributed by atoms with E-state index in [1.807, 2.05) is 46.8 Å². The summed E-state index contributed by atoms with van der Waals surface area (Å²) in [4.78, 5) is 9.44. The first kappa shape index (κ1) is 28.8. The van der Waals surface area contributed by atoms with Crippen LogP contribution in [0.25, 0.3) is 0 Å². The van der Waals surface area contributed by atoms with Gasteiger partial charge in [0.2, 0.25) is 0 Å². The van der Waals surface area contributed by atoms with Crippen molar-refractivity contribution >= 4 is 5.78 Å². The van der Waals surface area contributed by atoms with Crippen molar-refractivity contribution in [2.24, 2.45) is 5.92 Å². The molecule has 0 spiro atoms. The van der Waals surface area contributed by atoms with Gasteiger partial charge in [0.1, 0.15) is 11.5 Å². The van der Waals surface area contributed by atoms with Gasteiger partial charge in [-0.25, -0.2) is 0 Å². The quantitative estimate of drug-likeness (QED) is 0.652. The number of carbonyl (C=O) groups excluding carboxylic acids is 1. The molecule has 0 aliphatic carbocycles. The van der Waals surface area contributed by atoms with E-state index >= 15 is 0 Å². The first-order valence-electron chi connectivity index (χ1n) is 8.56. The molecule has 132 valence electrons. The summed E-state index contributed by atoms with van der Waals surface area (Å²) in [6.07, 6.45) is 2.66. The van der Waals surface area contributed by atoms with Crippen LogP contribution in [0.15, 0.2) is 24.3 Å². The molecule has 1 rings (SSSR count). The van der Waals surface area contributed by atoms with Crippen LogP contribution < -0.4 is 0 Å². The summed E-state index contributed by atoms with van der Waals surface area (Å²) in [5.74, 6) is 1.44. The summed E-state index contributed by atoms with van der Waals surface area (Å²) in [5, 5.41) is 8.81. The molecule has 22 heavy (non-hydrogen) atoms. The Morgan fingerprint density at radius 1 is 1.05 bits per heavy atom. The predicted octanol–water partition coefficient (Wildman–Crippen LogP) is 6.79. The number of aromatic hydroxyl groups is 1. The maximum Gasteiger partial charge on any atom is 0.126 e. The number of aryl methyl sites for hydroxylation is 1. The van der Waals surface area contributed by atoms with E-state index in [1.54, 1.807) is 12.1 Å². The second-order valence-electron chi connectivity index (χ2n) is 4.67. The molecule has 0 fully saturated rings. The minimum atomic E-state index is 0.167. The Bertz CT molecular complexity index is 294. The first-order chi connectivity index (χ1) is 10.3. The minimum absolute atomic E-state index is 0.167. The van der Waals surface area contributed by atoms with E-state index < -0.39 is 0 Å². The fourth-order valence-corrected chi connectivity index (χ4v) is 0.917. The van der Waals surface area contributed by atoms with E-state index in [0.717, 1.165) is 11.5 Å². The van der Waals surface area contributed by atoms with Gasteiger partial charge < -0.3 is 9.90 Å². The molecule has 1 aromatic carbocycles. The summed E-state index contributed by atoms with van der Waals surface area (Å²) < 4.78 is 0. The van der Waals surface area contributed by atoms with Gasteiger partial charge in [-0.05, 0) is 44.4 Å². The average molecular weight is 313 g/mol. The normalized spacial score (nSPS) is 7.77. The van der Waals surface area contributed by atoms with Gasteiger partial charge in [-0.15, -0.1) is 0 Å². The molecule has 0 heterocycles. The highest BCUT2D eigenvalue weighted by molar-refractivity contribution is 5.72. The maximum atomic E-state index is 9.44. The van der Waals surface area contributed by atoms with Crippen molar-refractivity contribution in [3.05, 3.63) is 29.8 Å². The second kappa shape index (κ2) is 24.7. The van der Waals surface area contributed by atoms with E-state index in [2.05, 4.69) is 20.8 Å². The smallest absolute Gasteiger partial charge is 0.126 e. The molecule has 0 saturated carbocycles. The molecule has 0 amide bonds. The number of hydrogen-bond donors (Lipinski definition) is 1. The highest BCUT2D eigenvalue weighted by Gasteiger charge is 1.88. The van der Waals surface area contributed by atoms with Crippen LogP contribution >= 0.6 is 0 Å². The van der Waals surface area contributed by atoms with Crippen LogP contribution in [0.5, 0.6) is 5.75 Å². The molecule has 0 radical (unpaired) electrons. The van der Waals surface area contributed by atoms with Crippen LogP contribution in [-0.2, 0) is 4.79 Å². The molecule has 0 aliphatic heterocycles. The number of carbonyl (C=O) groups is 1. The van der Waals surface area contributed by atoms with Crippen molar-refractivity contribution in [1.82, 2.24) is 0 Å². The predicted molar refractivity (Wildman–Crippen MR) is 102 cm³/mol. The van der Waals surface area contributed by atoms with Crippen molar-refractivity contribution < 1.29 is 9.90 Å². The Balaban J connectivity index is -0.000000104. The van der Waals surface area contributed by atoms with Gasteiger partial charge in [0, 0.05) is 0 Å². The Hall–Kier alpha value is -1.31. The number of hydrogen-bond acceptors (Lipinski definition) is 2. The summed E-state index contributed by atoms with van der Waals surface area (Å²) in [5.41, 5.74) is 1.09. The van der Waals surface area contributed by atoms with E-state index in [-0.39, 0.29) is 5.78 Å². The number of ketones is 1. The van der Waals surface area contributed by atoms with Crippen molar-refractivity contribution in [2.75, 3.05) is 0 Å². The molecule has 0 unspecified atom stereocenters. The zero-order valence-electron chi connectivity index (χ0n) is 16.7. The molecule has 0 bridgehead atoms. The van der Waals surface area contributed by atoms with Gasteiger partial charge in [-0.1, -0.05) is 73.4 Å². The summed E-state index contributed by atoms with van der Waals surface area (Å²) in [7, 11) is 0. The van der Waals surface area contributed by atoms with Crippen molar-refractivity contribution in [2.45, 2.75) is 82.1 Å². The lowest BCUT2D eigenvalue weighted by Crippen LogP contribution is -1.85. The second-order valence-corrected chi connectivity index (χ2v) is 4.67. The van der Waals surface area contributed by atoms with Crippen LogP contribution in [0, 0.1) is 12.8 Å². The van der Waals surface area contributed by atoms with Crippen LogP contribution in [0.4, 0.5) is 0 Å². The van der Waals surface area contributed by atoms with Gasteiger partial charge in [0.15, 0.2) is 0 Å². The molecule has 2 nitrogen and oxygen atoms in total. The lowest BCUT2D eigenvalue weighted by atomic mass is 10.1. The molecular formula is C20H40O2. The van der Waals surface area contributed by atoms with Gasteiger partial charge in [0.25, 0.3) is 0 Å². The van der Waals surface area contributed by atoms with Gasteiger partial charge >= 0.3 is 0 Å². The monoisotopic (exact) mass is 312 g/mol. The van der Waals surface area contributed by atoms with Crippen molar-refractivity contribution in [3.8, 4) is 5.75 Å². The zero-order chi connectivity index (χ0) is 18.6. The number of Topliss-reactive ketones (excluding diaryl/α,β-unsaturated/α-hetero) is 1. The Labute approximate surface area is 140 Å². The fourth-order valence-electron chi connectivity index (χ4n) is 0.917. The fraction of sp³-hybridized carbons (Fsp3) is 0.650. The van der Waals surface area contributed by atoms with Gasteiger partial charge in [0.05, 0.1) is 0 Å². The molecule has 2 heteroatoms. The third kappa shape index (κ3) is 36.3. The molecule has 1 aromatic rings. The third-order valence-corrected chi connectivity index (χ3v) is 2.40. The topological polar surface area (TPSA) is 37.3 Å². The van der Waals surface area contributed by atoms with Crippen molar-refractivity contribution in [1.29, 1.82) is 0 Å². The number of phenols is 1.